The molecule has 1 aromatic carbocycles. The summed E-state index contributed by atoms with van der Waals surface area (Å²) < 4.78 is 0. The van der Waals surface area contributed by atoms with Crippen molar-refractivity contribution in [2.45, 2.75) is 31.6 Å². The van der Waals surface area contributed by atoms with Gasteiger partial charge in [0, 0.05) is 4.90 Å². The van der Waals surface area contributed by atoms with Crippen molar-refractivity contribution in [1.29, 1.82) is 0 Å². The van der Waals surface area contributed by atoms with E-state index in [1.807, 2.05) is 44.4 Å². The second-order valence-corrected chi connectivity index (χ2v) is 6.56. The van der Waals surface area contributed by atoms with Crippen LogP contribution in [-0.2, 0) is 9.59 Å². The summed E-state index contributed by atoms with van der Waals surface area (Å²) in [5.74, 6) is -2.27. The van der Waals surface area contributed by atoms with Gasteiger partial charge in [-0.15, -0.1) is 11.8 Å². The Morgan fingerprint density at radius 3 is 2.32 bits per heavy atom. The average Bonchev–Trinajstić information content (AvgIpc) is 2.49. The molecule has 2 N–H and O–H groups in total. The van der Waals surface area contributed by atoms with Crippen LogP contribution >= 0.6 is 11.8 Å². The van der Waals surface area contributed by atoms with E-state index in [0.29, 0.717) is 12.8 Å². The molecule has 0 aliphatic heterocycles. The van der Waals surface area contributed by atoms with Crippen LogP contribution in [0.2, 0.25) is 0 Å². The van der Waals surface area contributed by atoms with Crippen molar-refractivity contribution in [3.05, 3.63) is 35.4 Å². The summed E-state index contributed by atoms with van der Waals surface area (Å²) in [5.41, 5.74) is 2.95. The molecule has 2 atom stereocenters. The van der Waals surface area contributed by atoms with Gasteiger partial charge in [0.05, 0.1) is 17.5 Å². The largest absolute Gasteiger partial charge is 0.481 e. The molecule has 4 nitrogen and oxygen atoms in total. The Morgan fingerprint density at radius 2 is 1.73 bits per heavy atom. The maximum atomic E-state index is 12.6. The Hall–Kier alpha value is -1.75. The summed E-state index contributed by atoms with van der Waals surface area (Å²) in [6, 6.07) is 7.56. The molecule has 22 heavy (non-hydrogen) atoms. The predicted molar refractivity (Wildman–Crippen MR) is 89.1 cm³/mol. The van der Waals surface area contributed by atoms with E-state index in [1.165, 1.54) is 0 Å². The molecule has 1 aromatic rings. The summed E-state index contributed by atoms with van der Waals surface area (Å²) in [6.45, 7) is 3.92. The van der Waals surface area contributed by atoms with Gasteiger partial charge in [0.1, 0.15) is 0 Å². The SMILES string of the molecule is CSc1ccccc1NC(=O)C1CC(C)=C(C)CC1C(=O)O. The highest BCUT2D eigenvalue weighted by Gasteiger charge is 2.37. The number of carbonyl (C=O) groups is 2. The topological polar surface area (TPSA) is 66.4 Å². The summed E-state index contributed by atoms with van der Waals surface area (Å²) in [4.78, 5) is 25.1. The van der Waals surface area contributed by atoms with E-state index < -0.39 is 17.8 Å². The highest BCUT2D eigenvalue weighted by Crippen LogP contribution is 2.35. The number of amides is 1. The quantitative estimate of drug-likeness (QED) is 0.654. The van der Waals surface area contributed by atoms with Gasteiger partial charge in [-0.2, -0.15) is 0 Å². The molecule has 0 fully saturated rings. The van der Waals surface area contributed by atoms with Crippen LogP contribution in [0.25, 0.3) is 0 Å². The zero-order chi connectivity index (χ0) is 16.3. The monoisotopic (exact) mass is 319 g/mol. The summed E-state index contributed by atoms with van der Waals surface area (Å²) in [5, 5.41) is 12.3. The number of allylic oxidation sites excluding steroid dienone is 2. The third kappa shape index (κ3) is 3.53. The first-order valence-corrected chi connectivity index (χ1v) is 8.48. The van der Waals surface area contributed by atoms with Crippen molar-refractivity contribution >= 4 is 29.3 Å². The van der Waals surface area contributed by atoms with Crippen molar-refractivity contribution in [3.8, 4) is 0 Å². The molecule has 2 unspecified atom stereocenters. The first kappa shape index (κ1) is 16.6. The van der Waals surface area contributed by atoms with Crippen molar-refractivity contribution < 1.29 is 14.7 Å². The number of anilines is 1. The molecular weight excluding hydrogens is 298 g/mol. The minimum absolute atomic E-state index is 0.208. The first-order chi connectivity index (χ1) is 10.4. The zero-order valence-electron chi connectivity index (χ0n) is 13.1. The Labute approximate surface area is 135 Å². The van der Waals surface area contributed by atoms with Crippen molar-refractivity contribution in [2.24, 2.45) is 11.8 Å². The van der Waals surface area contributed by atoms with Crippen molar-refractivity contribution in [2.75, 3.05) is 11.6 Å². The van der Waals surface area contributed by atoms with Gasteiger partial charge in [-0.3, -0.25) is 9.59 Å². The smallest absolute Gasteiger partial charge is 0.307 e. The van der Waals surface area contributed by atoms with Crippen LogP contribution in [0.15, 0.2) is 40.3 Å². The standard InChI is InChI=1S/C17H21NO3S/c1-10-8-12(13(17(20)21)9-11(10)2)16(19)18-14-6-4-5-7-15(14)22-3/h4-7,12-13H,8-9H2,1-3H3,(H,18,19)(H,20,21). The lowest BCUT2D eigenvalue weighted by molar-refractivity contribution is -0.146. The lowest BCUT2D eigenvalue weighted by atomic mass is 9.76. The third-order valence-corrected chi connectivity index (χ3v) is 5.08. The van der Waals surface area contributed by atoms with E-state index in [-0.39, 0.29) is 5.91 Å². The van der Waals surface area contributed by atoms with Crippen LogP contribution in [0.4, 0.5) is 5.69 Å². The van der Waals surface area contributed by atoms with E-state index in [4.69, 9.17) is 0 Å². The Morgan fingerprint density at radius 1 is 1.14 bits per heavy atom. The molecule has 1 aliphatic rings. The number of hydrogen-bond donors (Lipinski definition) is 2. The molecule has 0 radical (unpaired) electrons. The lowest BCUT2D eigenvalue weighted by Gasteiger charge is -2.29. The van der Waals surface area contributed by atoms with Crippen molar-refractivity contribution in [3.63, 3.8) is 0 Å². The number of para-hydroxylation sites is 1. The number of carboxylic acids is 1. The van der Waals surface area contributed by atoms with Gasteiger partial charge in [0.15, 0.2) is 0 Å². The van der Waals surface area contributed by atoms with Gasteiger partial charge < -0.3 is 10.4 Å². The highest BCUT2D eigenvalue weighted by molar-refractivity contribution is 7.98. The maximum absolute atomic E-state index is 12.6. The molecule has 2 rings (SSSR count). The number of carbonyl (C=O) groups excluding carboxylic acids is 1. The molecule has 0 saturated heterocycles. The number of aliphatic carboxylic acids is 1. The van der Waals surface area contributed by atoms with Gasteiger partial charge in [0.2, 0.25) is 5.91 Å². The maximum Gasteiger partial charge on any atom is 0.307 e. The van der Waals surface area contributed by atoms with Gasteiger partial charge in [-0.05, 0) is 45.1 Å². The predicted octanol–water partition coefficient (Wildman–Crippen LogP) is 3.79. The summed E-state index contributed by atoms with van der Waals surface area (Å²) in [7, 11) is 0. The van der Waals surface area contributed by atoms with Crippen LogP contribution in [0.3, 0.4) is 0 Å². The molecule has 0 aromatic heterocycles. The average molecular weight is 319 g/mol. The van der Waals surface area contributed by atoms with Gasteiger partial charge in [-0.25, -0.2) is 0 Å². The molecule has 0 bridgehead atoms. The Kier molecular flexibility index (Phi) is 5.29. The summed E-state index contributed by atoms with van der Waals surface area (Å²) in [6.07, 6.45) is 2.90. The Balaban J connectivity index is 2.22. The van der Waals surface area contributed by atoms with Crippen molar-refractivity contribution in [1.82, 2.24) is 0 Å². The number of hydrogen-bond acceptors (Lipinski definition) is 3. The van der Waals surface area contributed by atoms with E-state index >= 15 is 0 Å². The second-order valence-electron chi connectivity index (χ2n) is 5.71. The normalized spacial score (nSPS) is 21.6. The molecule has 0 spiro atoms. The van der Waals surface area contributed by atoms with Crippen LogP contribution < -0.4 is 5.32 Å². The third-order valence-electron chi connectivity index (χ3n) is 4.29. The number of nitrogens with one attached hydrogen (secondary N) is 1. The zero-order valence-corrected chi connectivity index (χ0v) is 13.9. The van der Waals surface area contributed by atoms with E-state index in [0.717, 1.165) is 21.7 Å². The minimum Gasteiger partial charge on any atom is -0.481 e. The first-order valence-electron chi connectivity index (χ1n) is 7.26. The van der Waals surface area contributed by atoms with E-state index in [2.05, 4.69) is 5.32 Å². The summed E-state index contributed by atoms with van der Waals surface area (Å²) >= 11 is 1.55. The number of rotatable bonds is 4. The molecular formula is C17H21NO3S. The fourth-order valence-corrected chi connectivity index (χ4v) is 3.35. The Bertz CT molecular complexity index is 624. The molecule has 0 heterocycles. The molecule has 1 amide bonds. The van der Waals surface area contributed by atoms with Gasteiger partial charge >= 0.3 is 5.97 Å². The van der Waals surface area contributed by atoms with Crippen LogP contribution in [0.5, 0.6) is 0 Å². The van der Waals surface area contributed by atoms with Gasteiger partial charge in [-0.1, -0.05) is 23.3 Å². The highest BCUT2D eigenvalue weighted by atomic mass is 32.2. The lowest BCUT2D eigenvalue weighted by Crippen LogP contribution is -2.36. The van der Waals surface area contributed by atoms with Crippen LogP contribution in [0.1, 0.15) is 26.7 Å². The van der Waals surface area contributed by atoms with Crippen LogP contribution in [-0.4, -0.2) is 23.2 Å². The molecule has 0 saturated carbocycles. The van der Waals surface area contributed by atoms with Crippen LogP contribution in [0, 0.1) is 11.8 Å². The molecule has 118 valence electrons. The van der Waals surface area contributed by atoms with E-state index in [9.17, 15) is 14.7 Å². The molecule has 5 heteroatoms. The van der Waals surface area contributed by atoms with E-state index in [1.54, 1.807) is 11.8 Å². The fourth-order valence-electron chi connectivity index (χ4n) is 2.80. The number of thioether (sulfide) groups is 1. The fraction of sp³-hybridized carbons (Fsp3) is 0.412. The number of carboxylic acid groups (broad SMARTS) is 1. The minimum atomic E-state index is -0.898. The second kappa shape index (κ2) is 7.01. The van der Waals surface area contributed by atoms with Gasteiger partial charge in [0.25, 0.3) is 0 Å². The number of benzene rings is 1. The molecule has 1 aliphatic carbocycles.